The van der Waals surface area contributed by atoms with Crippen molar-refractivity contribution < 1.29 is 31.1 Å². The maximum absolute atomic E-state index is 13.5. The van der Waals surface area contributed by atoms with Gasteiger partial charge in [-0.15, -0.1) is 0 Å². The van der Waals surface area contributed by atoms with Gasteiger partial charge in [0.15, 0.2) is 0 Å². The lowest BCUT2D eigenvalue weighted by molar-refractivity contribution is -0.137. The summed E-state index contributed by atoms with van der Waals surface area (Å²) < 4.78 is 80.4. The van der Waals surface area contributed by atoms with Gasteiger partial charge >= 0.3 is 12.4 Å². The zero-order chi connectivity index (χ0) is 48.2. The molecule has 7 aromatic rings. The molecular formula is C58H56F6N4O. The largest absolute Gasteiger partial charge is 0.417 e. The summed E-state index contributed by atoms with van der Waals surface area (Å²) >= 11 is 0. The second-order valence-corrected chi connectivity index (χ2v) is 17.9. The predicted octanol–water partition coefficient (Wildman–Crippen LogP) is 12.3. The van der Waals surface area contributed by atoms with Crippen molar-refractivity contribution in [1.29, 1.82) is 0 Å². The highest BCUT2D eigenvalue weighted by molar-refractivity contribution is 5.79. The van der Waals surface area contributed by atoms with Gasteiger partial charge in [0, 0.05) is 64.4 Å². The fourth-order valence-electron chi connectivity index (χ4n) is 9.46. The summed E-state index contributed by atoms with van der Waals surface area (Å²) in [6.07, 6.45) is -6.62. The van der Waals surface area contributed by atoms with Crippen LogP contribution in [0.5, 0.6) is 0 Å². The first-order valence-electron chi connectivity index (χ1n) is 23.5. The maximum Gasteiger partial charge on any atom is 0.417 e. The zero-order valence-corrected chi connectivity index (χ0v) is 38.3. The molecule has 7 aromatic carbocycles. The van der Waals surface area contributed by atoms with Gasteiger partial charge in [-0.05, 0) is 75.0 Å². The van der Waals surface area contributed by atoms with Gasteiger partial charge < -0.3 is 10.2 Å². The summed E-state index contributed by atoms with van der Waals surface area (Å²) in [5, 5.41) is 3.59. The minimum atomic E-state index is -4.40. The van der Waals surface area contributed by atoms with E-state index in [0.717, 1.165) is 80.9 Å². The third-order valence-corrected chi connectivity index (χ3v) is 12.9. The Labute approximate surface area is 401 Å². The van der Waals surface area contributed by atoms with Crippen LogP contribution in [0.15, 0.2) is 188 Å². The monoisotopic (exact) mass is 938 g/mol. The molecule has 1 N–H and O–H groups in total. The van der Waals surface area contributed by atoms with Gasteiger partial charge in [-0.2, -0.15) is 26.3 Å². The van der Waals surface area contributed by atoms with Gasteiger partial charge in [0.05, 0.1) is 17.5 Å². The average Bonchev–Trinajstić information content (AvgIpc) is 3.35. The van der Waals surface area contributed by atoms with E-state index in [1.54, 1.807) is 36.4 Å². The average molecular weight is 939 g/mol. The number of carbonyl (C=O) groups excluding carboxylic acids is 1. The molecule has 69 heavy (non-hydrogen) atoms. The minimum Gasteiger partial charge on any atom is -0.337 e. The van der Waals surface area contributed by atoms with E-state index in [4.69, 9.17) is 0 Å². The van der Waals surface area contributed by atoms with E-state index in [9.17, 15) is 31.1 Å². The van der Waals surface area contributed by atoms with Crippen LogP contribution >= 0.6 is 0 Å². The van der Waals surface area contributed by atoms with Crippen molar-refractivity contribution >= 4 is 5.91 Å². The van der Waals surface area contributed by atoms with Crippen molar-refractivity contribution in [2.75, 3.05) is 39.3 Å². The molecule has 2 saturated heterocycles. The Morgan fingerprint density at radius 3 is 1.39 bits per heavy atom. The predicted molar refractivity (Wildman–Crippen MR) is 262 cm³/mol. The Morgan fingerprint density at radius 2 is 0.899 bits per heavy atom. The molecule has 5 nitrogen and oxygen atoms in total. The number of benzene rings is 7. The summed E-state index contributed by atoms with van der Waals surface area (Å²) in [6, 6.07) is 57.2. The van der Waals surface area contributed by atoms with Crippen LogP contribution in [0.3, 0.4) is 0 Å². The lowest BCUT2D eigenvalue weighted by atomic mass is 9.98. The summed E-state index contributed by atoms with van der Waals surface area (Å²) in [5.41, 5.74) is 6.00. The topological polar surface area (TPSA) is 38.8 Å². The second kappa shape index (κ2) is 22.7. The molecule has 0 saturated carbocycles. The summed E-state index contributed by atoms with van der Waals surface area (Å²) in [7, 11) is 0. The van der Waals surface area contributed by atoms with E-state index < -0.39 is 23.5 Å². The van der Waals surface area contributed by atoms with Crippen LogP contribution in [0.2, 0.25) is 0 Å². The summed E-state index contributed by atoms with van der Waals surface area (Å²) in [4.78, 5) is 20.1. The zero-order valence-electron chi connectivity index (χ0n) is 38.3. The molecule has 1 amide bonds. The maximum atomic E-state index is 13.5. The fraction of sp³-hybridized carbons (Fsp3) is 0.259. The molecule has 2 aliphatic rings. The fourth-order valence-corrected chi connectivity index (χ4v) is 9.46. The standard InChI is InChI=1S/C33H31F3N2O.C25H25F3N2/c34-33(35,36)31-14-8-7-13-30(31)28-17-15-27(16-18-28)23-37-19-20-38(32(39)22-26-11-5-2-6-12-26)29(24-37)21-25-9-3-1-4-10-25;26-25(27,28)24-9-5-4-8-23(24)21-12-10-20(11-13-21)17-30-15-14-29-22(18-30)16-19-6-2-1-3-7-19/h1-18,29H,19-24H2;1-13,22,29H,14-18H2/t29-;22-/m11/s1. The van der Waals surface area contributed by atoms with Gasteiger partial charge in [0.25, 0.3) is 0 Å². The quantitative estimate of drug-likeness (QED) is 0.124. The van der Waals surface area contributed by atoms with Crippen molar-refractivity contribution in [2.24, 2.45) is 0 Å². The normalized spacial score (nSPS) is 16.9. The Morgan fingerprint density at radius 1 is 0.464 bits per heavy atom. The molecule has 0 aromatic heterocycles. The molecule has 9 rings (SSSR count). The van der Waals surface area contributed by atoms with Gasteiger partial charge in [-0.1, -0.05) is 176 Å². The van der Waals surface area contributed by atoms with E-state index in [0.29, 0.717) is 36.7 Å². The molecule has 2 atom stereocenters. The Kier molecular flexibility index (Phi) is 16.1. The van der Waals surface area contributed by atoms with Crippen LogP contribution in [0, 0.1) is 0 Å². The second-order valence-electron chi connectivity index (χ2n) is 17.9. The number of amides is 1. The molecule has 2 heterocycles. The molecular weight excluding hydrogens is 883 g/mol. The highest BCUT2D eigenvalue weighted by Crippen LogP contribution is 2.38. The van der Waals surface area contributed by atoms with Gasteiger partial charge in [-0.25, -0.2) is 0 Å². The molecule has 0 radical (unpaired) electrons. The number of nitrogens with one attached hydrogen (secondary N) is 1. The molecule has 2 fully saturated rings. The molecule has 0 unspecified atom stereocenters. The van der Waals surface area contributed by atoms with Gasteiger partial charge in [0.1, 0.15) is 0 Å². The Balaban J connectivity index is 0.000000192. The van der Waals surface area contributed by atoms with Crippen LogP contribution in [0.1, 0.15) is 38.9 Å². The molecule has 0 aliphatic carbocycles. The van der Waals surface area contributed by atoms with Crippen LogP contribution < -0.4 is 5.32 Å². The molecule has 0 spiro atoms. The SMILES string of the molecule is FC(F)(F)c1ccccc1-c1ccc(CN2CCN[C@H](Cc3ccccc3)C2)cc1.O=C(Cc1ccccc1)N1CCN(Cc2ccc(-c3ccccc3C(F)(F)F)cc2)C[C@H]1Cc1ccccc1. The number of hydrogen-bond acceptors (Lipinski definition) is 4. The Hall–Kier alpha value is -6.53. The summed E-state index contributed by atoms with van der Waals surface area (Å²) in [5.74, 6) is 0.134. The van der Waals surface area contributed by atoms with E-state index >= 15 is 0 Å². The number of halogens is 6. The van der Waals surface area contributed by atoms with Crippen molar-refractivity contribution in [1.82, 2.24) is 20.0 Å². The van der Waals surface area contributed by atoms with Crippen LogP contribution in [0.25, 0.3) is 22.3 Å². The number of alkyl halides is 6. The van der Waals surface area contributed by atoms with Crippen LogP contribution in [-0.2, 0) is 49.5 Å². The first-order valence-corrected chi connectivity index (χ1v) is 23.5. The molecule has 356 valence electrons. The Bertz CT molecular complexity index is 2700. The van der Waals surface area contributed by atoms with Crippen molar-refractivity contribution in [2.45, 2.75) is 56.8 Å². The van der Waals surface area contributed by atoms with Crippen molar-refractivity contribution in [3.63, 3.8) is 0 Å². The smallest absolute Gasteiger partial charge is 0.337 e. The number of carbonyl (C=O) groups is 1. The molecule has 11 heteroatoms. The molecule has 0 bridgehead atoms. The number of rotatable bonds is 12. The highest BCUT2D eigenvalue weighted by atomic mass is 19.4. The lowest BCUT2D eigenvalue weighted by Crippen LogP contribution is -2.56. The summed E-state index contributed by atoms with van der Waals surface area (Å²) in [6.45, 7) is 6.44. The third kappa shape index (κ3) is 13.6. The first kappa shape index (κ1) is 48.9. The van der Waals surface area contributed by atoms with Crippen molar-refractivity contribution in [3.8, 4) is 22.3 Å². The van der Waals surface area contributed by atoms with E-state index in [-0.39, 0.29) is 23.1 Å². The minimum absolute atomic E-state index is 0.0373. The number of piperazine rings is 2. The van der Waals surface area contributed by atoms with Gasteiger partial charge in [0.2, 0.25) is 5.91 Å². The number of hydrogen-bond donors (Lipinski definition) is 1. The molecule has 2 aliphatic heterocycles. The van der Waals surface area contributed by atoms with E-state index in [1.807, 2.05) is 83.8 Å². The van der Waals surface area contributed by atoms with Crippen molar-refractivity contribution in [3.05, 3.63) is 227 Å². The highest BCUT2D eigenvalue weighted by Gasteiger charge is 2.35. The first-order chi connectivity index (χ1) is 33.4. The number of nitrogens with zero attached hydrogens (tertiary/aromatic N) is 3. The van der Waals surface area contributed by atoms with Crippen LogP contribution in [-0.4, -0.2) is 72.0 Å². The third-order valence-electron chi connectivity index (χ3n) is 12.9. The lowest BCUT2D eigenvalue weighted by Gasteiger charge is -2.42. The van der Waals surface area contributed by atoms with E-state index in [1.165, 1.54) is 35.4 Å². The van der Waals surface area contributed by atoms with E-state index in [2.05, 4.69) is 51.5 Å². The van der Waals surface area contributed by atoms with Crippen LogP contribution in [0.4, 0.5) is 26.3 Å². The van der Waals surface area contributed by atoms with Gasteiger partial charge in [-0.3, -0.25) is 14.6 Å².